The number of likely N-dealkylation sites (N-methyl/N-ethyl adjacent to an activating group) is 1. The quantitative estimate of drug-likeness (QED) is 0.763. The monoisotopic (exact) mass is 250 g/mol. The van der Waals surface area contributed by atoms with Crippen molar-refractivity contribution >= 4 is 11.7 Å². The summed E-state index contributed by atoms with van der Waals surface area (Å²) in [4.78, 5) is 18.1. The summed E-state index contributed by atoms with van der Waals surface area (Å²) >= 11 is 0. The number of carbonyl (C=O) groups excluding carboxylic acids is 1. The van der Waals surface area contributed by atoms with Gasteiger partial charge in [0.25, 0.3) is 0 Å². The molecular weight excluding hydrogens is 232 g/mol. The van der Waals surface area contributed by atoms with E-state index in [1.165, 1.54) is 0 Å². The van der Waals surface area contributed by atoms with E-state index >= 15 is 0 Å². The van der Waals surface area contributed by atoms with E-state index in [2.05, 4.69) is 15.2 Å². The van der Waals surface area contributed by atoms with Crippen molar-refractivity contribution in [3.8, 4) is 0 Å². The van der Waals surface area contributed by atoms with E-state index in [-0.39, 0.29) is 11.9 Å². The van der Waals surface area contributed by atoms with Crippen molar-refractivity contribution in [3.05, 3.63) is 23.9 Å². The van der Waals surface area contributed by atoms with Crippen LogP contribution in [-0.2, 0) is 16.1 Å². The lowest BCUT2D eigenvalue weighted by atomic mass is 10.2. The molecular formula is C12H18N4O2. The molecule has 6 heteroatoms. The van der Waals surface area contributed by atoms with E-state index < -0.39 is 0 Å². The molecule has 1 aliphatic heterocycles. The minimum absolute atomic E-state index is 0.0291. The molecule has 3 N–H and O–H groups in total. The van der Waals surface area contributed by atoms with Gasteiger partial charge < -0.3 is 15.8 Å². The van der Waals surface area contributed by atoms with Gasteiger partial charge >= 0.3 is 0 Å². The van der Waals surface area contributed by atoms with Crippen molar-refractivity contribution in [1.29, 1.82) is 0 Å². The van der Waals surface area contributed by atoms with Gasteiger partial charge in [0, 0.05) is 20.1 Å². The van der Waals surface area contributed by atoms with E-state index in [1.54, 1.807) is 13.1 Å². The van der Waals surface area contributed by atoms with Crippen LogP contribution in [0.1, 0.15) is 5.69 Å². The van der Waals surface area contributed by atoms with Crippen LogP contribution in [0.4, 0.5) is 5.82 Å². The van der Waals surface area contributed by atoms with Gasteiger partial charge in [-0.25, -0.2) is 4.98 Å². The first kappa shape index (κ1) is 12.8. The van der Waals surface area contributed by atoms with Crippen LogP contribution in [0, 0.1) is 0 Å². The standard InChI is InChI=1S/C12H18N4O2/c1-14-12(17)10-8-18-6-5-16(10)7-9-3-2-4-11(13)15-9/h2-4,10H,5-8H2,1H3,(H2,13,15)(H,14,17). The maximum Gasteiger partial charge on any atom is 0.239 e. The second kappa shape index (κ2) is 5.79. The van der Waals surface area contributed by atoms with E-state index in [0.717, 1.165) is 5.69 Å². The number of aromatic nitrogens is 1. The molecule has 98 valence electrons. The molecule has 2 rings (SSSR count). The molecule has 2 heterocycles. The third kappa shape index (κ3) is 2.96. The average Bonchev–Trinajstić information content (AvgIpc) is 2.38. The first-order valence-corrected chi connectivity index (χ1v) is 5.95. The maximum absolute atomic E-state index is 11.8. The summed E-state index contributed by atoms with van der Waals surface area (Å²) in [6.07, 6.45) is 0. The fourth-order valence-electron chi connectivity index (χ4n) is 2.03. The number of hydrogen-bond donors (Lipinski definition) is 2. The lowest BCUT2D eigenvalue weighted by molar-refractivity contribution is -0.132. The van der Waals surface area contributed by atoms with Gasteiger partial charge in [-0.2, -0.15) is 0 Å². The lowest BCUT2D eigenvalue weighted by Gasteiger charge is -2.33. The third-order valence-corrected chi connectivity index (χ3v) is 2.98. The molecule has 0 radical (unpaired) electrons. The van der Waals surface area contributed by atoms with Gasteiger partial charge in [0.2, 0.25) is 5.91 Å². The van der Waals surface area contributed by atoms with Gasteiger partial charge in [0.1, 0.15) is 11.9 Å². The summed E-state index contributed by atoms with van der Waals surface area (Å²) in [7, 11) is 1.63. The highest BCUT2D eigenvalue weighted by atomic mass is 16.5. The number of rotatable bonds is 3. The highest BCUT2D eigenvalue weighted by molar-refractivity contribution is 5.81. The van der Waals surface area contributed by atoms with E-state index in [0.29, 0.717) is 32.1 Å². The predicted octanol–water partition coefficient (Wildman–Crippen LogP) is -0.389. The lowest BCUT2D eigenvalue weighted by Crippen LogP contribution is -2.52. The molecule has 1 amide bonds. The van der Waals surface area contributed by atoms with Gasteiger partial charge in [-0.3, -0.25) is 9.69 Å². The Morgan fingerprint density at radius 1 is 1.67 bits per heavy atom. The zero-order valence-corrected chi connectivity index (χ0v) is 10.4. The molecule has 1 unspecified atom stereocenters. The number of morpholine rings is 1. The number of nitrogens with zero attached hydrogens (tertiary/aromatic N) is 2. The summed E-state index contributed by atoms with van der Waals surface area (Å²) in [5.74, 6) is 0.468. The number of anilines is 1. The Kier molecular flexibility index (Phi) is 4.11. The Labute approximate surface area is 106 Å². The average molecular weight is 250 g/mol. The number of amides is 1. The fourth-order valence-corrected chi connectivity index (χ4v) is 2.03. The van der Waals surface area contributed by atoms with Crippen molar-refractivity contribution < 1.29 is 9.53 Å². The molecule has 1 atom stereocenters. The number of carbonyl (C=O) groups is 1. The summed E-state index contributed by atoms with van der Waals surface area (Å²) in [6, 6.07) is 5.27. The minimum atomic E-state index is -0.257. The molecule has 0 bridgehead atoms. The first-order valence-electron chi connectivity index (χ1n) is 5.95. The van der Waals surface area contributed by atoms with Crippen LogP contribution in [0.2, 0.25) is 0 Å². The van der Waals surface area contributed by atoms with Crippen LogP contribution in [0.3, 0.4) is 0 Å². The molecule has 0 aliphatic carbocycles. The Bertz CT molecular complexity index is 424. The Hall–Kier alpha value is -1.66. The zero-order valence-electron chi connectivity index (χ0n) is 10.4. The van der Waals surface area contributed by atoms with Crippen LogP contribution >= 0.6 is 0 Å². The summed E-state index contributed by atoms with van der Waals surface area (Å²) < 4.78 is 5.35. The van der Waals surface area contributed by atoms with E-state index in [4.69, 9.17) is 10.5 Å². The van der Waals surface area contributed by atoms with E-state index in [1.807, 2.05) is 12.1 Å². The predicted molar refractivity (Wildman–Crippen MR) is 67.7 cm³/mol. The highest BCUT2D eigenvalue weighted by Gasteiger charge is 2.28. The third-order valence-electron chi connectivity index (χ3n) is 2.98. The van der Waals surface area contributed by atoms with Gasteiger partial charge in [-0.15, -0.1) is 0 Å². The van der Waals surface area contributed by atoms with Crippen LogP contribution in [-0.4, -0.2) is 48.6 Å². The number of pyridine rings is 1. The number of hydrogen-bond acceptors (Lipinski definition) is 5. The molecule has 1 saturated heterocycles. The van der Waals surface area contributed by atoms with Gasteiger partial charge in [0.05, 0.1) is 18.9 Å². The normalized spacial score (nSPS) is 20.6. The second-order valence-corrected chi connectivity index (χ2v) is 4.23. The second-order valence-electron chi connectivity index (χ2n) is 4.23. The number of nitrogen functional groups attached to an aromatic ring is 1. The molecule has 1 fully saturated rings. The topological polar surface area (TPSA) is 80.5 Å². The van der Waals surface area contributed by atoms with Gasteiger partial charge in [-0.1, -0.05) is 6.07 Å². The van der Waals surface area contributed by atoms with Crippen molar-refractivity contribution in [2.75, 3.05) is 32.5 Å². The van der Waals surface area contributed by atoms with Crippen molar-refractivity contribution in [1.82, 2.24) is 15.2 Å². The summed E-state index contributed by atoms with van der Waals surface area (Å²) in [6.45, 7) is 2.37. The zero-order chi connectivity index (χ0) is 13.0. The maximum atomic E-state index is 11.8. The van der Waals surface area contributed by atoms with Crippen molar-refractivity contribution in [2.24, 2.45) is 0 Å². The van der Waals surface area contributed by atoms with Crippen LogP contribution in [0.5, 0.6) is 0 Å². The van der Waals surface area contributed by atoms with Crippen LogP contribution in [0.15, 0.2) is 18.2 Å². The first-order chi connectivity index (χ1) is 8.70. The molecule has 0 spiro atoms. The Balaban J connectivity index is 2.07. The molecule has 1 aromatic heterocycles. The molecule has 0 aromatic carbocycles. The van der Waals surface area contributed by atoms with Crippen LogP contribution < -0.4 is 11.1 Å². The molecule has 1 aromatic rings. The van der Waals surface area contributed by atoms with Crippen molar-refractivity contribution in [2.45, 2.75) is 12.6 Å². The Morgan fingerprint density at radius 2 is 2.50 bits per heavy atom. The SMILES string of the molecule is CNC(=O)C1COCCN1Cc1cccc(N)n1. The number of nitrogens with two attached hydrogens (primary N) is 1. The van der Waals surface area contributed by atoms with Gasteiger partial charge in [-0.05, 0) is 12.1 Å². The number of nitrogens with one attached hydrogen (secondary N) is 1. The molecule has 1 aliphatic rings. The van der Waals surface area contributed by atoms with Crippen LogP contribution in [0.25, 0.3) is 0 Å². The summed E-state index contributed by atoms with van der Waals surface area (Å²) in [5.41, 5.74) is 6.52. The molecule has 18 heavy (non-hydrogen) atoms. The highest BCUT2D eigenvalue weighted by Crippen LogP contribution is 2.12. The smallest absolute Gasteiger partial charge is 0.239 e. The Morgan fingerprint density at radius 3 is 3.22 bits per heavy atom. The molecule has 0 saturated carbocycles. The van der Waals surface area contributed by atoms with E-state index in [9.17, 15) is 4.79 Å². The summed E-state index contributed by atoms with van der Waals surface area (Å²) in [5, 5.41) is 2.66. The van der Waals surface area contributed by atoms with Gasteiger partial charge in [0.15, 0.2) is 0 Å². The fraction of sp³-hybridized carbons (Fsp3) is 0.500. The largest absolute Gasteiger partial charge is 0.384 e. The van der Waals surface area contributed by atoms with Crippen molar-refractivity contribution in [3.63, 3.8) is 0 Å². The minimum Gasteiger partial charge on any atom is -0.384 e. The molecule has 6 nitrogen and oxygen atoms in total. The number of ether oxygens (including phenoxy) is 1.